The van der Waals surface area contributed by atoms with E-state index in [1.54, 1.807) is 0 Å². The summed E-state index contributed by atoms with van der Waals surface area (Å²) in [5.41, 5.74) is 5.90. The Labute approximate surface area is 178 Å². The summed E-state index contributed by atoms with van der Waals surface area (Å²) in [4.78, 5) is 17.2. The topological polar surface area (TPSA) is 77.6 Å². The van der Waals surface area contributed by atoms with Crippen molar-refractivity contribution in [2.24, 2.45) is 22.7 Å². The monoisotopic (exact) mass is 455 g/mol. The van der Waals surface area contributed by atoms with Crippen molar-refractivity contribution in [3.8, 4) is 0 Å². The zero-order chi connectivity index (χ0) is 22.1. The van der Waals surface area contributed by atoms with Crippen molar-refractivity contribution in [1.82, 2.24) is 21.5 Å². The van der Waals surface area contributed by atoms with Gasteiger partial charge in [-0.05, 0) is 52.4 Å². The van der Waals surface area contributed by atoms with Crippen LogP contribution in [0.1, 0.15) is 52.4 Å². The first-order chi connectivity index (χ1) is 14.0. The Morgan fingerprint density at radius 1 is 1.13 bits per heavy atom. The third-order valence-corrected chi connectivity index (χ3v) is 6.68. The number of halogens is 5. The lowest BCUT2D eigenvalue weighted by molar-refractivity contribution is -0.185. The maximum Gasteiger partial charge on any atom is 0.391 e. The predicted octanol–water partition coefficient (Wildman–Crippen LogP) is 2.98. The number of guanidine groups is 1. The van der Waals surface area contributed by atoms with Gasteiger partial charge < -0.3 is 5.32 Å². The van der Waals surface area contributed by atoms with Crippen molar-refractivity contribution in [2.75, 3.05) is 0 Å². The van der Waals surface area contributed by atoms with E-state index >= 15 is 0 Å². The van der Waals surface area contributed by atoms with Crippen molar-refractivity contribution in [3.63, 3.8) is 0 Å². The van der Waals surface area contributed by atoms with Gasteiger partial charge in [-0.15, -0.1) is 11.6 Å². The van der Waals surface area contributed by atoms with E-state index in [-0.39, 0.29) is 49.1 Å². The summed E-state index contributed by atoms with van der Waals surface area (Å²) in [6.07, 6.45) is -4.41. The number of nitrogens with zero attached hydrogens (tertiary/aromatic N) is 1. The first-order valence-corrected chi connectivity index (χ1v) is 11.0. The van der Waals surface area contributed by atoms with Gasteiger partial charge in [0.05, 0.1) is 11.3 Å². The van der Waals surface area contributed by atoms with Crippen LogP contribution in [0.15, 0.2) is 4.99 Å². The lowest BCUT2D eigenvalue weighted by Gasteiger charge is -2.33. The molecule has 3 aliphatic rings. The van der Waals surface area contributed by atoms with Crippen LogP contribution in [0.25, 0.3) is 0 Å². The van der Waals surface area contributed by atoms with Crippen LogP contribution in [0, 0.1) is 17.8 Å². The Bertz CT molecular complexity index is 647. The number of hydrogen-bond acceptors (Lipinski definition) is 4. The van der Waals surface area contributed by atoms with E-state index in [1.165, 1.54) is 0 Å². The molecule has 2 aliphatic carbocycles. The molecule has 0 bridgehead atoms. The number of amides is 1. The lowest BCUT2D eigenvalue weighted by Crippen LogP contribution is -2.49. The van der Waals surface area contributed by atoms with Gasteiger partial charge in [0, 0.05) is 23.9 Å². The molecule has 0 spiro atoms. The number of aliphatic imine (C=N–C) groups is 1. The molecule has 1 amide bonds. The molecule has 7 unspecified atom stereocenters. The number of nitrogens with one attached hydrogen (secondary N) is 4. The quantitative estimate of drug-likeness (QED) is 0.228. The fourth-order valence-electron chi connectivity index (χ4n) is 4.52. The standard InChI is InChI=1S/C19H30ClF4N5O/c1-9(2)25-18(27-17(30)10-3-6-13(20)14(21)7-10)26-16-12-5-4-11(19(22,23)24)8-15(12)28-29-16/h9-16,28-29H,3-8H2,1-2H3,(H2,25,26,27,30). The van der Waals surface area contributed by atoms with Crippen molar-refractivity contribution >= 4 is 23.5 Å². The summed E-state index contributed by atoms with van der Waals surface area (Å²) in [5, 5.41) is 5.27. The highest BCUT2D eigenvalue weighted by Crippen LogP contribution is 2.42. The highest BCUT2D eigenvalue weighted by Gasteiger charge is 2.48. The van der Waals surface area contributed by atoms with Gasteiger partial charge in [-0.2, -0.15) is 13.2 Å². The molecular weight excluding hydrogens is 426 g/mol. The molecule has 172 valence electrons. The second kappa shape index (κ2) is 9.56. The smallest absolute Gasteiger partial charge is 0.354 e. The Balaban J connectivity index is 1.65. The van der Waals surface area contributed by atoms with Gasteiger partial charge in [-0.25, -0.2) is 14.8 Å². The SMILES string of the molecule is CC(C)N/C(=N\C1NNC2CC(C(F)(F)F)CCC21)NC(=O)C1CCC(Cl)C(F)C1. The Kier molecular flexibility index (Phi) is 7.50. The number of carbonyl (C=O) groups is 1. The fraction of sp³-hybridized carbons (Fsp3) is 0.895. The summed E-state index contributed by atoms with van der Waals surface area (Å²) >= 11 is 5.90. The molecule has 1 saturated heterocycles. The average Bonchev–Trinajstić information content (AvgIpc) is 3.04. The molecular formula is C19H30ClF4N5O. The van der Waals surface area contributed by atoms with Crippen LogP contribution >= 0.6 is 11.6 Å². The van der Waals surface area contributed by atoms with E-state index in [1.807, 2.05) is 13.8 Å². The third kappa shape index (κ3) is 5.76. The maximum atomic E-state index is 13.9. The minimum atomic E-state index is -4.19. The van der Waals surface area contributed by atoms with Crippen LogP contribution in [0.3, 0.4) is 0 Å². The van der Waals surface area contributed by atoms with Crippen LogP contribution in [-0.2, 0) is 4.79 Å². The van der Waals surface area contributed by atoms with Crippen LogP contribution in [0.5, 0.6) is 0 Å². The van der Waals surface area contributed by atoms with Crippen LogP contribution in [0.2, 0.25) is 0 Å². The number of carbonyl (C=O) groups excluding carboxylic acids is 1. The minimum Gasteiger partial charge on any atom is -0.354 e. The number of hydrogen-bond donors (Lipinski definition) is 4. The molecule has 0 aromatic heterocycles. The van der Waals surface area contributed by atoms with E-state index in [2.05, 4.69) is 26.5 Å². The Hall–Kier alpha value is -1.13. The zero-order valence-electron chi connectivity index (χ0n) is 17.1. The summed E-state index contributed by atoms with van der Waals surface area (Å²) < 4.78 is 53.1. The summed E-state index contributed by atoms with van der Waals surface area (Å²) in [6.45, 7) is 3.77. The van der Waals surface area contributed by atoms with Gasteiger partial charge in [0.2, 0.25) is 5.91 Å². The highest BCUT2D eigenvalue weighted by molar-refractivity contribution is 6.21. The van der Waals surface area contributed by atoms with Gasteiger partial charge in [-0.3, -0.25) is 15.5 Å². The lowest BCUT2D eigenvalue weighted by atomic mass is 9.78. The first kappa shape index (κ1) is 23.5. The molecule has 3 rings (SSSR count). The van der Waals surface area contributed by atoms with E-state index in [9.17, 15) is 22.4 Å². The summed E-state index contributed by atoms with van der Waals surface area (Å²) in [7, 11) is 0. The zero-order valence-corrected chi connectivity index (χ0v) is 17.9. The second-order valence-electron chi connectivity index (χ2n) is 8.86. The molecule has 7 atom stereocenters. The number of rotatable bonds is 3. The maximum absolute atomic E-state index is 13.9. The van der Waals surface area contributed by atoms with Gasteiger partial charge in [0.25, 0.3) is 0 Å². The predicted molar refractivity (Wildman–Crippen MR) is 106 cm³/mol. The van der Waals surface area contributed by atoms with Crippen molar-refractivity contribution in [2.45, 2.75) is 88.3 Å². The van der Waals surface area contributed by atoms with Gasteiger partial charge in [0.15, 0.2) is 5.96 Å². The summed E-state index contributed by atoms with van der Waals surface area (Å²) in [5.74, 6) is -1.98. The molecule has 11 heteroatoms. The van der Waals surface area contributed by atoms with E-state index in [0.29, 0.717) is 19.3 Å². The van der Waals surface area contributed by atoms with Crippen molar-refractivity contribution in [3.05, 3.63) is 0 Å². The van der Waals surface area contributed by atoms with Crippen LogP contribution < -0.4 is 21.5 Å². The van der Waals surface area contributed by atoms with E-state index in [4.69, 9.17) is 11.6 Å². The molecule has 0 radical (unpaired) electrons. The normalized spacial score (nSPS) is 37.7. The molecule has 4 N–H and O–H groups in total. The summed E-state index contributed by atoms with van der Waals surface area (Å²) in [6, 6.07) is -0.357. The van der Waals surface area contributed by atoms with Gasteiger partial charge in [-0.1, -0.05) is 0 Å². The fourth-order valence-corrected chi connectivity index (χ4v) is 4.75. The van der Waals surface area contributed by atoms with Crippen molar-refractivity contribution in [1.29, 1.82) is 0 Å². The Morgan fingerprint density at radius 3 is 2.50 bits per heavy atom. The third-order valence-electron chi connectivity index (χ3n) is 6.19. The van der Waals surface area contributed by atoms with E-state index < -0.39 is 35.7 Å². The van der Waals surface area contributed by atoms with Gasteiger partial charge in [0.1, 0.15) is 12.3 Å². The highest BCUT2D eigenvalue weighted by atomic mass is 35.5. The number of fused-ring (bicyclic) bond motifs is 1. The Morgan fingerprint density at radius 2 is 1.87 bits per heavy atom. The molecule has 0 aromatic carbocycles. The molecule has 3 fully saturated rings. The molecule has 2 saturated carbocycles. The van der Waals surface area contributed by atoms with E-state index in [0.717, 1.165) is 0 Å². The average molecular weight is 456 g/mol. The second-order valence-corrected chi connectivity index (χ2v) is 9.42. The van der Waals surface area contributed by atoms with Crippen LogP contribution in [-0.4, -0.2) is 47.8 Å². The first-order valence-electron chi connectivity index (χ1n) is 10.6. The van der Waals surface area contributed by atoms with Crippen molar-refractivity contribution < 1.29 is 22.4 Å². The molecule has 0 aromatic rings. The molecule has 6 nitrogen and oxygen atoms in total. The molecule has 1 heterocycles. The largest absolute Gasteiger partial charge is 0.391 e. The molecule has 30 heavy (non-hydrogen) atoms. The van der Waals surface area contributed by atoms with Crippen LogP contribution in [0.4, 0.5) is 17.6 Å². The number of alkyl halides is 5. The number of hydrazine groups is 1. The molecule has 1 aliphatic heterocycles. The van der Waals surface area contributed by atoms with Gasteiger partial charge >= 0.3 is 6.18 Å². The minimum absolute atomic E-state index is 0.00600.